The van der Waals surface area contributed by atoms with E-state index in [1.807, 2.05) is 22.4 Å². The molecule has 5 nitrogen and oxygen atoms in total. The van der Waals surface area contributed by atoms with Crippen molar-refractivity contribution in [2.75, 3.05) is 13.1 Å². The number of thiophene rings is 1. The van der Waals surface area contributed by atoms with Crippen molar-refractivity contribution in [3.63, 3.8) is 0 Å². The number of aromatic nitrogens is 2. The monoisotopic (exact) mass is 375 g/mol. The fraction of sp³-hybridized carbons (Fsp3) is 0.278. The fourth-order valence-electron chi connectivity index (χ4n) is 3.04. The minimum atomic E-state index is -0.950. The minimum Gasteiger partial charge on any atom is -0.339 e. The number of benzene rings is 1. The van der Waals surface area contributed by atoms with Gasteiger partial charge in [0.05, 0.1) is 4.88 Å². The summed E-state index contributed by atoms with van der Waals surface area (Å²) in [6.07, 6.45) is 1.44. The molecule has 0 unspecified atom stereocenters. The van der Waals surface area contributed by atoms with Crippen LogP contribution in [0.3, 0.4) is 0 Å². The van der Waals surface area contributed by atoms with Crippen LogP contribution in [0.1, 0.15) is 34.3 Å². The largest absolute Gasteiger partial charge is 0.339 e. The number of hydrogen-bond donors (Lipinski definition) is 0. The molecule has 0 aliphatic carbocycles. The second-order valence-corrected chi connectivity index (χ2v) is 7.08. The topological polar surface area (TPSA) is 59.2 Å². The van der Waals surface area contributed by atoms with E-state index in [1.54, 1.807) is 0 Å². The number of hydrogen-bond acceptors (Lipinski definition) is 5. The molecule has 0 N–H and O–H groups in total. The van der Waals surface area contributed by atoms with E-state index in [-0.39, 0.29) is 17.6 Å². The molecule has 8 heteroatoms. The van der Waals surface area contributed by atoms with Gasteiger partial charge in [0.2, 0.25) is 11.7 Å². The van der Waals surface area contributed by atoms with Gasteiger partial charge < -0.3 is 9.42 Å². The lowest BCUT2D eigenvalue weighted by atomic mass is 9.96. The maximum Gasteiger partial charge on any atom is 0.263 e. The zero-order valence-corrected chi connectivity index (χ0v) is 14.5. The van der Waals surface area contributed by atoms with Crippen LogP contribution < -0.4 is 0 Å². The molecule has 2 aromatic heterocycles. The third-order valence-electron chi connectivity index (χ3n) is 4.48. The highest BCUT2D eigenvalue weighted by Gasteiger charge is 2.28. The van der Waals surface area contributed by atoms with Gasteiger partial charge in [-0.25, -0.2) is 8.78 Å². The summed E-state index contributed by atoms with van der Waals surface area (Å²) >= 11 is 1.44. The van der Waals surface area contributed by atoms with E-state index in [1.165, 1.54) is 17.4 Å². The van der Waals surface area contributed by atoms with Crippen molar-refractivity contribution >= 4 is 17.2 Å². The molecule has 134 valence electrons. The first-order chi connectivity index (χ1) is 12.6. The van der Waals surface area contributed by atoms with Crippen molar-refractivity contribution in [2.45, 2.75) is 18.8 Å². The quantitative estimate of drug-likeness (QED) is 0.692. The van der Waals surface area contributed by atoms with E-state index in [0.29, 0.717) is 24.5 Å². The highest BCUT2D eigenvalue weighted by Crippen LogP contribution is 2.29. The average molecular weight is 375 g/mol. The smallest absolute Gasteiger partial charge is 0.263 e. The summed E-state index contributed by atoms with van der Waals surface area (Å²) in [5.74, 6) is -1.07. The Morgan fingerprint density at radius 2 is 2.00 bits per heavy atom. The van der Waals surface area contributed by atoms with Gasteiger partial charge in [-0.1, -0.05) is 11.2 Å². The van der Waals surface area contributed by atoms with Gasteiger partial charge >= 0.3 is 0 Å². The van der Waals surface area contributed by atoms with Crippen molar-refractivity contribution in [2.24, 2.45) is 0 Å². The summed E-state index contributed by atoms with van der Waals surface area (Å²) in [6, 6.07) is 7.19. The number of nitrogens with zero attached hydrogens (tertiary/aromatic N) is 3. The van der Waals surface area contributed by atoms with Gasteiger partial charge in [-0.3, -0.25) is 4.79 Å². The second kappa shape index (κ2) is 6.95. The molecule has 1 saturated heterocycles. The van der Waals surface area contributed by atoms with Crippen LogP contribution in [0.2, 0.25) is 0 Å². The van der Waals surface area contributed by atoms with Crippen molar-refractivity contribution in [3.8, 4) is 11.4 Å². The minimum absolute atomic E-state index is 0.0476. The lowest BCUT2D eigenvalue weighted by Gasteiger charge is -2.30. The second-order valence-electron chi connectivity index (χ2n) is 6.13. The zero-order chi connectivity index (χ0) is 18.1. The Kier molecular flexibility index (Phi) is 4.50. The van der Waals surface area contributed by atoms with E-state index in [0.717, 1.165) is 29.9 Å². The molecule has 1 amide bonds. The van der Waals surface area contributed by atoms with Crippen LogP contribution in [0.15, 0.2) is 40.2 Å². The number of piperidine rings is 1. The number of carbonyl (C=O) groups excluding carboxylic acids is 1. The van der Waals surface area contributed by atoms with E-state index >= 15 is 0 Å². The summed E-state index contributed by atoms with van der Waals surface area (Å²) in [5.41, 5.74) is 0.365. The predicted molar refractivity (Wildman–Crippen MR) is 91.8 cm³/mol. The number of halogens is 2. The van der Waals surface area contributed by atoms with E-state index in [4.69, 9.17) is 4.52 Å². The summed E-state index contributed by atoms with van der Waals surface area (Å²) in [4.78, 5) is 19.3. The molecule has 0 atom stereocenters. The Morgan fingerprint density at radius 1 is 1.19 bits per heavy atom. The van der Waals surface area contributed by atoms with Gasteiger partial charge in [0.25, 0.3) is 5.91 Å². The number of carbonyl (C=O) groups is 1. The summed E-state index contributed by atoms with van der Waals surface area (Å²) < 4.78 is 31.7. The first-order valence-corrected chi connectivity index (χ1v) is 9.11. The first kappa shape index (κ1) is 16.8. The lowest BCUT2D eigenvalue weighted by molar-refractivity contribution is 0.0709. The lowest BCUT2D eigenvalue weighted by Crippen LogP contribution is -2.37. The normalized spacial score (nSPS) is 15.4. The van der Waals surface area contributed by atoms with Crippen molar-refractivity contribution < 1.29 is 18.1 Å². The molecular weight excluding hydrogens is 360 g/mol. The molecule has 0 spiro atoms. The SMILES string of the molecule is O=C(c1cccs1)N1CCC(c2nc(-c3ccc(F)c(F)c3)no2)CC1. The fourth-order valence-corrected chi connectivity index (χ4v) is 3.73. The number of likely N-dealkylation sites (tertiary alicyclic amines) is 1. The summed E-state index contributed by atoms with van der Waals surface area (Å²) in [6.45, 7) is 1.23. The van der Waals surface area contributed by atoms with Gasteiger partial charge in [0, 0.05) is 24.6 Å². The van der Waals surface area contributed by atoms with Crippen LogP contribution >= 0.6 is 11.3 Å². The van der Waals surface area contributed by atoms with E-state index in [9.17, 15) is 13.6 Å². The Balaban J connectivity index is 1.43. The van der Waals surface area contributed by atoms with E-state index in [2.05, 4.69) is 10.1 Å². The van der Waals surface area contributed by atoms with Crippen LogP contribution in [0, 0.1) is 11.6 Å². The highest BCUT2D eigenvalue weighted by atomic mass is 32.1. The molecule has 0 bridgehead atoms. The average Bonchev–Trinajstić information content (AvgIpc) is 3.36. The first-order valence-electron chi connectivity index (χ1n) is 8.23. The molecule has 1 aromatic carbocycles. The third kappa shape index (κ3) is 3.24. The van der Waals surface area contributed by atoms with Crippen molar-refractivity contribution in [3.05, 3.63) is 58.1 Å². The molecule has 26 heavy (non-hydrogen) atoms. The zero-order valence-electron chi connectivity index (χ0n) is 13.7. The standard InChI is InChI=1S/C18H15F2N3O2S/c19-13-4-3-12(10-14(13)20)16-21-17(25-22-16)11-5-7-23(8-6-11)18(24)15-2-1-9-26-15/h1-4,9-11H,5-8H2. The van der Waals surface area contributed by atoms with Gasteiger partial charge in [-0.05, 0) is 42.5 Å². The van der Waals surface area contributed by atoms with Gasteiger partial charge in [-0.15, -0.1) is 11.3 Å². The molecule has 1 fully saturated rings. The molecule has 4 rings (SSSR count). The van der Waals surface area contributed by atoms with Crippen molar-refractivity contribution in [1.29, 1.82) is 0 Å². The van der Waals surface area contributed by atoms with Crippen LogP contribution in [0.25, 0.3) is 11.4 Å². The van der Waals surface area contributed by atoms with Crippen LogP contribution in [0.5, 0.6) is 0 Å². The molecule has 3 aromatic rings. The van der Waals surface area contributed by atoms with Gasteiger partial charge in [-0.2, -0.15) is 4.98 Å². The number of rotatable bonds is 3. The molecule has 1 aliphatic heterocycles. The highest BCUT2D eigenvalue weighted by molar-refractivity contribution is 7.12. The van der Waals surface area contributed by atoms with Gasteiger partial charge in [0.15, 0.2) is 11.6 Å². The number of amides is 1. The summed E-state index contributed by atoms with van der Waals surface area (Å²) in [7, 11) is 0. The molecular formula is C18H15F2N3O2S. The Bertz CT molecular complexity index is 918. The van der Waals surface area contributed by atoms with Gasteiger partial charge in [0.1, 0.15) is 0 Å². The molecule has 0 saturated carbocycles. The summed E-state index contributed by atoms with van der Waals surface area (Å²) in [5, 5.41) is 5.76. The predicted octanol–water partition coefficient (Wildman–Crippen LogP) is 4.10. The van der Waals surface area contributed by atoms with Crippen LogP contribution in [-0.2, 0) is 0 Å². The maximum atomic E-state index is 13.4. The van der Waals surface area contributed by atoms with Crippen LogP contribution in [0.4, 0.5) is 8.78 Å². The van der Waals surface area contributed by atoms with E-state index < -0.39 is 11.6 Å². The molecule has 3 heterocycles. The Labute approximate surface area is 152 Å². The van der Waals surface area contributed by atoms with Crippen LogP contribution in [-0.4, -0.2) is 34.0 Å². The third-order valence-corrected chi connectivity index (χ3v) is 5.34. The molecule has 0 radical (unpaired) electrons. The molecule has 1 aliphatic rings. The maximum absolute atomic E-state index is 13.4. The Morgan fingerprint density at radius 3 is 2.69 bits per heavy atom. The van der Waals surface area contributed by atoms with Crippen molar-refractivity contribution in [1.82, 2.24) is 15.0 Å². The Hall–Kier alpha value is -2.61.